The van der Waals surface area contributed by atoms with Gasteiger partial charge in [0.2, 0.25) is 0 Å². The SMILES string of the molecule is CSc1cc2c(cc1CNCCC1CCC1)OCCO2. The monoisotopic (exact) mass is 293 g/mol. The molecule has 1 N–H and O–H groups in total. The zero-order valence-electron chi connectivity index (χ0n) is 12.1. The predicted octanol–water partition coefficient (Wildman–Crippen LogP) is 3.46. The Morgan fingerprint density at radius 1 is 1.20 bits per heavy atom. The van der Waals surface area contributed by atoms with Gasteiger partial charge in [0, 0.05) is 11.4 Å². The van der Waals surface area contributed by atoms with E-state index in [9.17, 15) is 0 Å². The van der Waals surface area contributed by atoms with Crippen molar-refractivity contribution in [2.75, 3.05) is 26.0 Å². The van der Waals surface area contributed by atoms with Crippen LogP contribution in [0.1, 0.15) is 31.2 Å². The van der Waals surface area contributed by atoms with Crippen molar-refractivity contribution in [3.8, 4) is 11.5 Å². The van der Waals surface area contributed by atoms with Gasteiger partial charge in [-0.3, -0.25) is 0 Å². The minimum absolute atomic E-state index is 0.653. The molecule has 0 radical (unpaired) electrons. The molecule has 1 fully saturated rings. The van der Waals surface area contributed by atoms with E-state index in [4.69, 9.17) is 9.47 Å². The summed E-state index contributed by atoms with van der Waals surface area (Å²) in [7, 11) is 0. The maximum Gasteiger partial charge on any atom is 0.162 e. The highest BCUT2D eigenvalue weighted by Crippen LogP contribution is 2.36. The predicted molar refractivity (Wildman–Crippen MR) is 82.9 cm³/mol. The fourth-order valence-electron chi connectivity index (χ4n) is 2.75. The lowest BCUT2D eigenvalue weighted by Crippen LogP contribution is -2.21. The third-order valence-electron chi connectivity index (χ3n) is 4.21. The Morgan fingerprint density at radius 2 is 1.95 bits per heavy atom. The Morgan fingerprint density at radius 3 is 2.60 bits per heavy atom. The highest BCUT2D eigenvalue weighted by molar-refractivity contribution is 7.98. The van der Waals surface area contributed by atoms with Crippen LogP contribution in [0.5, 0.6) is 11.5 Å². The molecule has 20 heavy (non-hydrogen) atoms. The molecule has 3 nitrogen and oxygen atoms in total. The fraction of sp³-hybridized carbons (Fsp3) is 0.625. The maximum absolute atomic E-state index is 5.67. The molecule has 1 saturated carbocycles. The van der Waals surface area contributed by atoms with E-state index in [1.807, 2.05) is 0 Å². The fourth-order valence-corrected chi connectivity index (χ4v) is 3.37. The van der Waals surface area contributed by atoms with Gasteiger partial charge in [-0.25, -0.2) is 0 Å². The summed E-state index contributed by atoms with van der Waals surface area (Å²) in [5, 5.41) is 3.57. The van der Waals surface area contributed by atoms with Gasteiger partial charge in [-0.1, -0.05) is 19.3 Å². The molecule has 0 unspecified atom stereocenters. The number of benzene rings is 1. The molecule has 1 heterocycles. The van der Waals surface area contributed by atoms with E-state index in [0.717, 1.165) is 30.5 Å². The average molecular weight is 293 g/mol. The lowest BCUT2D eigenvalue weighted by atomic mass is 9.83. The third kappa shape index (κ3) is 3.23. The van der Waals surface area contributed by atoms with Crippen LogP contribution in [0.3, 0.4) is 0 Å². The quantitative estimate of drug-likeness (QED) is 0.643. The number of hydrogen-bond acceptors (Lipinski definition) is 4. The first-order chi connectivity index (χ1) is 9.86. The average Bonchev–Trinajstić information content (AvgIpc) is 2.44. The standard InChI is InChI=1S/C16H23NO2S/c1-20-16-10-15-14(18-7-8-19-15)9-13(16)11-17-6-5-12-3-2-4-12/h9-10,12,17H,2-8,11H2,1H3. The van der Waals surface area contributed by atoms with Gasteiger partial charge >= 0.3 is 0 Å². The Bertz CT molecular complexity index is 460. The van der Waals surface area contributed by atoms with E-state index < -0.39 is 0 Å². The second-order valence-corrected chi connectivity index (χ2v) is 6.42. The van der Waals surface area contributed by atoms with Gasteiger partial charge in [0.1, 0.15) is 13.2 Å². The van der Waals surface area contributed by atoms with Gasteiger partial charge in [0.25, 0.3) is 0 Å². The van der Waals surface area contributed by atoms with Crippen LogP contribution in [0.2, 0.25) is 0 Å². The summed E-state index contributed by atoms with van der Waals surface area (Å²) in [6, 6.07) is 4.25. The summed E-state index contributed by atoms with van der Waals surface area (Å²) in [5.74, 6) is 2.76. The number of fused-ring (bicyclic) bond motifs is 1. The lowest BCUT2D eigenvalue weighted by molar-refractivity contribution is 0.171. The Hall–Kier alpha value is -0.870. The number of nitrogens with one attached hydrogen (secondary N) is 1. The van der Waals surface area contributed by atoms with Crippen molar-refractivity contribution in [2.24, 2.45) is 5.92 Å². The number of ether oxygens (including phenoxy) is 2. The van der Waals surface area contributed by atoms with Gasteiger partial charge in [0.15, 0.2) is 11.5 Å². The first kappa shape index (κ1) is 14.1. The first-order valence-corrected chi connectivity index (χ1v) is 8.76. The summed E-state index contributed by atoms with van der Waals surface area (Å²) in [6.07, 6.45) is 7.73. The van der Waals surface area contributed by atoms with Crippen molar-refractivity contribution in [2.45, 2.75) is 37.1 Å². The maximum atomic E-state index is 5.67. The molecule has 2 aliphatic rings. The minimum atomic E-state index is 0.653. The minimum Gasteiger partial charge on any atom is -0.486 e. The van der Waals surface area contributed by atoms with E-state index in [1.165, 1.54) is 36.1 Å². The smallest absolute Gasteiger partial charge is 0.162 e. The van der Waals surface area contributed by atoms with Crippen LogP contribution in [0.25, 0.3) is 0 Å². The van der Waals surface area contributed by atoms with Crippen molar-refractivity contribution in [3.63, 3.8) is 0 Å². The van der Waals surface area contributed by atoms with Crippen molar-refractivity contribution in [1.29, 1.82) is 0 Å². The van der Waals surface area contributed by atoms with Crippen LogP contribution >= 0.6 is 11.8 Å². The largest absolute Gasteiger partial charge is 0.486 e. The summed E-state index contributed by atoms with van der Waals surface area (Å²) in [5.41, 5.74) is 1.32. The topological polar surface area (TPSA) is 30.5 Å². The zero-order chi connectivity index (χ0) is 13.8. The Kier molecular flexibility index (Phi) is 4.73. The molecule has 1 aromatic carbocycles. The second kappa shape index (κ2) is 6.72. The molecule has 0 spiro atoms. The zero-order valence-corrected chi connectivity index (χ0v) is 12.9. The van der Waals surface area contributed by atoms with Gasteiger partial charge in [-0.15, -0.1) is 11.8 Å². The summed E-state index contributed by atoms with van der Waals surface area (Å²) >= 11 is 1.77. The molecule has 0 saturated heterocycles. The number of hydrogen-bond donors (Lipinski definition) is 1. The normalized spacial score (nSPS) is 17.9. The van der Waals surface area contributed by atoms with E-state index in [1.54, 1.807) is 11.8 Å². The van der Waals surface area contributed by atoms with E-state index >= 15 is 0 Å². The molecule has 4 heteroatoms. The highest BCUT2D eigenvalue weighted by Gasteiger charge is 2.17. The van der Waals surface area contributed by atoms with Gasteiger partial charge in [-0.05, 0) is 42.8 Å². The van der Waals surface area contributed by atoms with Crippen molar-refractivity contribution < 1.29 is 9.47 Å². The molecule has 1 aromatic rings. The molecular weight excluding hydrogens is 270 g/mol. The Labute approximate surface area is 125 Å². The van der Waals surface area contributed by atoms with Gasteiger partial charge in [0.05, 0.1) is 0 Å². The third-order valence-corrected chi connectivity index (χ3v) is 5.03. The summed E-state index contributed by atoms with van der Waals surface area (Å²) in [4.78, 5) is 1.28. The second-order valence-electron chi connectivity index (χ2n) is 5.57. The van der Waals surface area contributed by atoms with E-state index in [2.05, 4.69) is 23.7 Å². The molecule has 0 aromatic heterocycles. The molecule has 0 bridgehead atoms. The van der Waals surface area contributed by atoms with Crippen LogP contribution in [-0.2, 0) is 6.54 Å². The first-order valence-electron chi connectivity index (χ1n) is 7.54. The molecule has 0 atom stereocenters. The summed E-state index contributed by atoms with van der Waals surface area (Å²) < 4.78 is 11.3. The van der Waals surface area contributed by atoms with Crippen LogP contribution in [0, 0.1) is 5.92 Å². The van der Waals surface area contributed by atoms with E-state index in [0.29, 0.717) is 13.2 Å². The van der Waals surface area contributed by atoms with Crippen LogP contribution in [0.4, 0.5) is 0 Å². The number of rotatable bonds is 6. The number of thioether (sulfide) groups is 1. The van der Waals surface area contributed by atoms with Crippen LogP contribution < -0.4 is 14.8 Å². The Balaban J connectivity index is 1.58. The highest BCUT2D eigenvalue weighted by atomic mass is 32.2. The summed E-state index contributed by atoms with van der Waals surface area (Å²) in [6.45, 7) is 3.34. The lowest BCUT2D eigenvalue weighted by Gasteiger charge is -2.25. The molecule has 110 valence electrons. The molecule has 1 aliphatic carbocycles. The van der Waals surface area contributed by atoms with Crippen LogP contribution in [-0.4, -0.2) is 26.0 Å². The van der Waals surface area contributed by atoms with Crippen molar-refractivity contribution in [1.82, 2.24) is 5.32 Å². The van der Waals surface area contributed by atoms with Gasteiger partial charge < -0.3 is 14.8 Å². The van der Waals surface area contributed by atoms with Crippen molar-refractivity contribution in [3.05, 3.63) is 17.7 Å². The molecular formula is C16H23NO2S. The molecule has 1 aliphatic heterocycles. The molecule has 3 rings (SSSR count). The van der Waals surface area contributed by atoms with Crippen LogP contribution in [0.15, 0.2) is 17.0 Å². The van der Waals surface area contributed by atoms with Crippen molar-refractivity contribution >= 4 is 11.8 Å². The molecule has 0 amide bonds. The van der Waals surface area contributed by atoms with E-state index in [-0.39, 0.29) is 0 Å². The van der Waals surface area contributed by atoms with Gasteiger partial charge in [-0.2, -0.15) is 0 Å².